The van der Waals surface area contributed by atoms with Gasteiger partial charge in [0.05, 0.1) is 0 Å². The first-order valence-electron chi connectivity index (χ1n) is 12.4. The van der Waals surface area contributed by atoms with Gasteiger partial charge in [0.1, 0.15) is 30.3 Å². The van der Waals surface area contributed by atoms with Gasteiger partial charge in [-0.3, -0.25) is 0 Å². The molecule has 8 heteroatoms. The van der Waals surface area contributed by atoms with Crippen molar-refractivity contribution < 1.29 is 28.1 Å². The van der Waals surface area contributed by atoms with Crippen LogP contribution < -0.4 is 10.6 Å². The van der Waals surface area contributed by atoms with Crippen LogP contribution in [0.3, 0.4) is 0 Å². The van der Waals surface area contributed by atoms with Gasteiger partial charge in [0.25, 0.3) is 0 Å². The first-order valence-corrected chi connectivity index (χ1v) is 17.2. The molecule has 0 bridgehead atoms. The average Bonchev–Trinajstić information content (AvgIpc) is 3.27. The topological polar surface area (TPSA) is 55.4 Å². The van der Waals surface area contributed by atoms with Crippen LogP contribution in [-0.4, -0.2) is 56.4 Å². The minimum absolute atomic E-state index is 0.250. The second-order valence-electron chi connectivity index (χ2n) is 11.3. The van der Waals surface area contributed by atoms with E-state index in [2.05, 4.69) is 80.3 Å². The van der Waals surface area contributed by atoms with E-state index in [1.807, 2.05) is 27.7 Å². The first kappa shape index (κ1) is 25.5. The third kappa shape index (κ3) is 5.43. The lowest BCUT2D eigenvalue weighted by Crippen LogP contribution is -2.60. The van der Waals surface area contributed by atoms with Crippen LogP contribution in [0.1, 0.15) is 27.7 Å². The summed E-state index contributed by atoms with van der Waals surface area (Å²) in [5.74, 6) is -1.77. The Labute approximate surface area is 211 Å². The van der Waals surface area contributed by atoms with Crippen molar-refractivity contribution in [2.75, 3.05) is 0 Å². The molecular formula is C27H37O6PSi. The number of hydrogen-bond donors (Lipinski definition) is 0. The number of benzene rings is 2. The SMILES string of the molecule is CC1(C)O[C@@H]2OC([C@@H](O[Si](C)(C)C)P(c3ccccc3)c3ccccc3)[C@H]3OC(C)(C)O[C@H]3[C@@H]2O1. The summed E-state index contributed by atoms with van der Waals surface area (Å²) >= 11 is 0. The number of rotatable bonds is 6. The van der Waals surface area contributed by atoms with E-state index < -0.39 is 40.2 Å². The van der Waals surface area contributed by atoms with Crippen LogP contribution in [0.4, 0.5) is 0 Å². The molecule has 0 amide bonds. The lowest BCUT2D eigenvalue weighted by atomic mass is 9.99. The highest BCUT2D eigenvalue weighted by Crippen LogP contribution is 2.51. The van der Waals surface area contributed by atoms with E-state index in [9.17, 15) is 0 Å². The van der Waals surface area contributed by atoms with Gasteiger partial charge in [-0.05, 0) is 65.9 Å². The molecule has 3 aliphatic rings. The molecule has 6 atom stereocenters. The van der Waals surface area contributed by atoms with Crippen LogP contribution in [0.5, 0.6) is 0 Å². The van der Waals surface area contributed by atoms with E-state index in [-0.39, 0.29) is 24.2 Å². The Hall–Kier alpha value is -1.15. The molecule has 3 heterocycles. The summed E-state index contributed by atoms with van der Waals surface area (Å²) in [7, 11) is -2.95. The molecule has 35 heavy (non-hydrogen) atoms. The molecule has 0 radical (unpaired) electrons. The van der Waals surface area contributed by atoms with Gasteiger partial charge in [0.2, 0.25) is 0 Å². The summed E-state index contributed by atoms with van der Waals surface area (Å²) in [6.45, 7) is 14.4. The van der Waals surface area contributed by atoms with Crippen LogP contribution in [0.2, 0.25) is 19.6 Å². The molecule has 2 aromatic carbocycles. The highest BCUT2D eigenvalue weighted by atomic mass is 31.1. The Kier molecular flexibility index (Phi) is 6.78. The molecule has 0 aliphatic carbocycles. The Morgan fingerprint density at radius 1 is 0.714 bits per heavy atom. The zero-order chi connectivity index (χ0) is 25.0. The van der Waals surface area contributed by atoms with E-state index in [4.69, 9.17) is 28.1 Å². The molecule has 1 unspecified atom stereocenters. The van der Waals surface area contributed by atoms with E-state index in [0.717, 1.165) is 0 Å². The van der Waals surface area contributed by atoms with Crippen LogP contribution in [-0.2, 0) is 28.1 Å². The Bertz CT molecular complexity index is 972. The van der Waals surface area contributed by atoms with Crippen molar-refractivity contribution in [3.63, 3.8) is 0 Å². The summed E-state index contributed by atoms with van der Waals surface area (Å²) in [4.78, 5) is 0. The van der Waals surface area contributed by atoms with E-state index >= 15 is 0 Å². The van der Waals surface area contributed by atoms with Crippen molar-refractivity contribution in [2.24, 2.45) is 0 Å². The summed E-state index contributed by atoms with van der Waals surface area (Å²) in [6, 6.07) is 21.2. The smallest absolute Gasteiger partial charge is 0.190 e. The van der Waals surface area contributed by atoms with Gasteiger partial charge in [-0.25, -0.2) is 0 Å². The zero-order valence-electron chi connectivity index (χ0n) is 21.6. The fourth-order valence-electron chi connectivity index (χ4n) is 5.12. The van der Waals surface area contributed by atoms with E-state index in [1.54, 1.807) is 0 Å². The van der Waals surface area contributed by atoms with Crippen LogP contribution in [0.15, 0.2) is 60.7 Å². The summed E-state index contributed by atoms with van der Waals surface area (Å²) in [5.41, 5.74) is 0. The fourth-order valence-corrected chi connectivity index (χ4v) is 9.76. The fraction of sp³-hybridized carbons (Fsp3) is 0.556. The summed E-state index contributed by atoms with van der Waals surface area (Å²) in [6.07, 6.45) is -1.96. The van der Waals surface area contributed by atoms with E-state index in [1.165, 1.54) is 10.6 Å². The van der Waals surface area contributed by atoms with Gasteiger partial charge in [0.15, 0.2) is 26.2 Å². The quantitative estimate of drug-likeness (QED) is 0.410. The van der Waals surface area contributed by atoms with Gasteiger partial charge in [-0.15, -0.1) is 0 Å². The second kappa shape index (κ2) is 9.30. The van der Waals surface area contributed by atoms with Crippen LogP contribution in [0.25, 0.3) is 0 Å². The van der Waals surface area contributed by atoms with Crippen molar-refractivity contribution in [3.05, 3.63) is 60.7 Å². The number of hydrogen-bond acceptors (Lipinski definition) is 6. The molecule has 6 nitrogen and oxygen atoms in total. The Morgan fingerprint density at radius 2 is 1.20 bits per heavy atom. The van der Waals surface area contributed by atoms with Gasteiger partial charge < -0.3 is 28.1 Å². The Morgan fingerprint density at radius 3 is 1.74 bits per heavy atom. The average molecular weight is 517 g/mol. The number of fused-ring (bicyclic) bond motifs is 3. The minimum atomic E-state index is -2.01. The van der Waals surface area contributed by atoms with Gasteiger partial charge in [-0.1, -0.05) is 60.7 Å². The lowest BCUT2D eigenvalue weighted by Gasteiger charge is -2.45. The van der Waals surface area contributed by atoms with Crippen molar-refractivity contribution in [2.45, 2.75) is 95.5 Å². The normalized spacial score (nSPS) is 32.3. The third-order valence-corrected chi connectivity index (χ3v) is 10.0. The van der Waals surface area contributed by atoms with Gasteiger partial charge >= 0.3 is 0 Å². The first-order chi connectivity index (χ1) is 16.4. The zero-order valence-corrected chi connectivity index (χ0v) is 23.5. The highest BCUT2D eigenvalue weighted by molar-refractivity contribution is 7.73. The van der Waals surface area contributed by atoms with Gasteiger partial charge in [-0.2, -0.15) is 0 Å². The summed E-state index contributed by atoms with van der Waals surface area (Å²) in [5, 5.41) is 2.47. The molecule has 0 saturated carbocycles. The molecule has 190 valence electrons. The lowest BCUT2D eigenvalue weighted by molar-refractivity contribution is -0.242. The highest BCUT2D eigenvalue weighted by Gasteiger charge is 2.63. The molecule has 2 aromatic rings. The number of ether oxygens (including phenoxy) is 5. The second-order valence-corrected chi connectivity index (χ2v) is 18.0. The van der Waals surface area contributed by atoms with Crippen molar-refractivity contribution in [1.82, 2.24) is 0 Å². The molecule has 3 saturated heterocycles. The van der Waals surface area contributed by atoms with Crippen molar-refractivity contribution in [1.29, 1.82) is 0 Å². The molecule has 3 fully saturated rings. The molecular weight excluding hydrogens is 479 g/mol. The predicted octanol–water partition coefficient (Wildman–Crippen LogP) is 4.69. The van der Waals surface area contributed by atoms with Crippen LogP contribution >= 0.6 is 7.92 Å². The maximum Gasteiger partial charge on any atom is 0.190 e. The monoisotopic (exact) mass is 516 g/mol. The largest absolute Gasteiger partial charge is 0.408 e. The van der Waals surface area contributed by atoms with Crippen molar-refractivity contribution >= 4 is 26.8 Å². The van der Waals surface area contributed by atoms with E-state index in [0.29, 0.717) is 0 Å². The van der Waals surface area contributed by atoms with Gasteiger partial charge in [0, 0.05) is 0 Å². The standard InChI is InChI=1S/C27H37O6PSi/c1-26(2)29-20-21(30-26)23(28-24-22(20)31-27(3,4)32-24)25(33-35(5,6)7)34(18-14-10-8-11-15-18)19-16-12-9-13-17-19/h8-17,20-25H,1-7H3/t20-,21+,22+,23?,24+,25+/m1/s1. The predicted molar refractivity (Wildman–Crippen MR) is 140 cm³/mol. The molecule has 3 aliphatic heterocycles. The Balaban J connectivity index is 1.61. The minimum Gasteiger partial charge on any atom is -0.408 e. The molecule has 0 N–H and O–H groups in total. The maximum atomic E-state index is 7.04. The molecule has 5 rings (SSSR count). The molecule has 0 spiro atoms. The summed E-state index contributed by atoms with van der Waals surface area (Å²) < 4.78 is 39.2. The van der Waals surface area contributed by atoms with Crippen LogP contribution in [0, 0.1) is 0 Å². The van der Waals surface area contributed by atoms with Crippen molar-refractivity contribution in [3.8, 4) is 0 Å². The third-order valence-electron chi connectivity index (χ3n) is 6.27. The maximum absolute atomic E-state index is 7.04. The molecule has 0 aromatic heterocycles.